The van der Waals surface area contributed by atoms with Gasteiger partial charge in [0.05, 0.1) is 0 Å². The molecule has 0 aromatic carbocycles. The summed E-state index contributed by atoms with van der Waals surface area (Å²) in [6.07, 6.45) is 3.94. The summed E-state index contributed by atoms with van der Waals surface area (Å²) < 4.78 is 0. The van der Waals surface area contributed by atoms with E-state index in [-0.39, 0.29) is 5.41 Å². The Hall–Kier alpha value is -0.980. The first kappa shape index (κ1) is 11.0. The molecule has 0 radical (unpaired) electrons. The van der Waals surface area contributed by atoms with Crippen molar-refractivity contribution in [3.05, 3.63) is 36.6 Å². The number of rotatable bonds is 3. The Morgan fingerprint density at radius 1 is 1.17 bits per heavy atom. The fraction of sp³-hybridized carbons (Fsp3) is 0.455. The van der Waals surface area contributed by atoms with Crippen LogP contribution in [0, 0.1) is 5.41 Å². The number of likely N-dealkylation sites (N-methyl/N-ethyl adjacent to an activating group) is 1. The van der Waals surface area contributed by atoms with Crippen molar-refractivity contribution >= 4 is 0 Å². The largest absolute Gasteiger partial charge is 0.389 e. The van der Waals surface area contributed by atoms with Crippen molar-refractivity contribution in [1.82, 2.24) is 5.32 Å². The second kappa shape index (κ2) is 4.15. The van der Waals surface area contributed by atoms with Gasteiger partial charge >= 0.3 is 0 Å². The molecular weight excluding hydrogens is 146 g/mol. The third-order valence-electron chi connectivity index (χ3n) is 1.77. The molecule has 0 rings (SSSR count). The van der Waals surface area contributed by atoms with Crippen LogP contribution in [-0.2, 0) is 0 Å². The summed E-state index contributed by atoms with van der Waals surface area (Å²) in [6.45, 7) is 14.2. The van der Waals surface area contributed by atoms with Gasteiger partial charge in [0, 0.05) is 12.7 Å². The maximum Gasteiger partial charge on any atom is 0.0264 e. The van der Waals surface area contributed by atoms with E-state index in [9.17, 15) is 0 Å². The Labute approximate surface area is 75.9 Å². The van der Waals surface area contributed by atoms with Gasteiger partial charge in [-0.2, -0.15) is 0 Å². The van der Waals surface area contributed by atoms with E-state index < -0.39 is 0 Å². The van der Waals surface area contributed by atoms with E-state index in [0.717, 1.165) is 11.3 Å². The monoisotopic (exact) mass is 165 g/mol. The Morgan fingerprint density at radius 3 is 2.00 bits per heavy atom. The molecule has 0 heterocycles. The highest BCUT2D eigenvalue weighted by Gasteiger charge is 2.11. The fourth-order valence-corrected chi connectivity index (χ4v) is 0.535. The standard InChI is InChI=1S/C11H19N/c1-9(11(3,4)5)7-8-10(2)12-6/h7-8,12H,1-2H2,3-6H3/b8-7-. The predicted molar refractivity (Wildman–Crippen MR) is 55.9 cm³/mol. The Morgan fingerprint density at radius 2 is 1.67 bits per heavy atom. The van der Waals surface area contributed by atoms with E-state index in [4.69, 9.17) is 0 Å². The first-order valence-corrected chi connectivity index (χ1v) is 4.12. The van der Waals surface area contributed by atoms with Crippen LogP contribution in [0.1, 0.15) is 20.8 Å². The zero-order chi connectivity index (χ0) is 9.78. The normalized spacial score (nSPS) is 11.7. The fourth-order valence-electron chi connectivity index (χ4n) is 0.535. The molecule has 0 bridgehead atoms. The second-order valence-corrected chi connectivity index (χ2v) is 3.88. The van der Waals surface area contributed by atoms with Gasteiger partial charge in [0.2, 0.25) is 0 Å². The van der Waals surface area contributed by atoms with Crippen LogP contribution in [0.4, 0.5) is 0 Å². The van der Waals surface area contributed by atoms with Gasteiger partial charge in [-0.25, -0.2) is 0 Å². The number of hydrogen-bond donors (Lipinski definition) is 1. The van der Waals surface area contributed by atoms with Crippen molar-refractivity contribution in [2.24, 2.45) is 5.41 Å². The quantitative estimate of drug-likeness (QED) is 0.634. The molecule has 0 aliphatic carbocycles. The van der Waals surface area contributed by atoms with Crippen molar-refractivity contribution in [2.45, 2.75) is 20.8 Å². The minimum absolute atomic E-state index is 0.143. The molecule has 0 unspecified atom stereocenters. The van der Waals surface area contributed by atoms with Gasteiger partial charge in [0.15, 0.2) is 0 Å². The summed E-state index contributed by atoms with van der Waals surface area (Å²) in [6, 6.07) is 0. The molecular formula is C11H19N. The van der Waals surface area contributed by atoms with Gasteiger partial charge in [-0.3, -0.25) is 0 Å². The lowest BCUT2D eigenvalue weighted by Crippen LogP contribution is -2.07. The predicted octanol–water partition coefficient (Wildman–Crippen LogP) is 2.88. The molecule has 0 atom stereocenters. The summed E-state index contributed by atoms with van der Waals surface area (Å²) >= 11 is 0. The molecule has 0 aromatic rings. The first-order valence-electron chi connectivity index (χ1n) is 4.12. The molecule has 0 saturated carbocycles. The van der Waals surface area contributed by atoms with Crippen molar-refractivity contribution in [2.75, 3.05) is 7.05 Å². The van der Waals surface area contributed by atoms with Crippen LogP contribution in [0.25, 0.3) is 0 Å². The topological polar surface area (TPSA) is 12.0 Å². The highest BCUT2D eigenvalue weighted by molar-refractivity contribution is 5.26. The Bertz CT molecular complexity index is 204. The van der Waals surface area contributed by atoms with Gasteiger partial charge in [-0.15, -0.1) is 0 Å². The number of allylic oxidation sites excluding steroid dienone is 3. The van der Waals surface area contributed by atoms with E-state index in [0.29, 0.717) is 0 Å². The number of nitrogens with one attached hydrogen (secondary N) is 1. The summed E-state index contributed by atoms with van der Waals surface area (Å²) in [5.74, 6) is 0. The lowest BCUT2D eigenvalue weighted by molar-refractivity contribution is 0.519. The van der Waals surface area contributed by atoms with Gasteiger partial charge in [0.25, 0.3) is 0 Å². The number of hydrogen-bond acceptors (Lipinski definition) is 1. The minimum Gasteiger partial charge on any atom is -0.389 e. The zero-order valence-corrected chi connectivity index (χ0v) is 8.57. The van der Waals surface area contributed by atoms with Crippen molar-refractivity contribution in [3.8, 4) is 0 Å². The molecule has 1 N–H and O–H groups in total. The third kappa shape index (κ3) is 4.02. The maximum absolute atomic E-state index is 3.98. The van der Waals surface area contributed by atoms with E-state index in [1.54, 1.807) is 0 Å². The zero-order valence-electron chi connectivity index (χ0n) is 8.57. The summed E-state index contributed by atoms with van der Waals surface area (Å²) in [5.41, 5.74) is 2.16. The van der Waals surface area contributed by atoms with Crippen LogP contribution in [0.2, 0.25) is 0 Å². The molecule has 68 valence electrons. The second-order valence-electron chi connectivity index (χ2n) is 3.88. The summed E-state index contributed by atoms with van der Waals surface area (Å²) in [7, 11) is 1.85. The molecule has 0 saturated heterocycles. The highest BCUT2D eigenvalue weighted by atomic mass is 14.8. The van der Waals surface area contributed by atoms with Gasteiger partial charge in [0.1, 0.15) is 0 Å². The highest BCUT2D eigenvalue weighted by Crippen LogP contribution is 2.24. The summed E-state index contributed by atoms with van der Waals surface area (Å²) in [4.78, 5) is 0. The Kier molecular flexibility index (Phi) is 3.81. The van der Waals surface area contributed by atoms with Crippen LogP contribution in [0.3, 0.4) is 0 Å². The van der Waals surface area contributed by atoms with Crippen molar-refractivity contribution in [1.29, 1.82) is 0 Å². The van der Waals surface area contributed by atoms with Crippen molar-refractivity contribution < 1.29 is 0 Å². The molecule has 1 nitrogen and oxygen atoms in total. The lowest BCUT2D eigenvalue weighted by atomic mass is 9.87. The average Bonchev–Trinajstić information content (AvgIpc) is 1.97. The van der Waals surface area contributed by atoms with Gasteiger partial charge in [-0.05, 0) is 17.1 Å². The lowest BCUT2D eigenvalue weighted by Gasteiger charge is -2.18. The average molecular weight is 165 g/mol. The molecule has 0 amide bonds. The van der Waals surface area contributed by atoms with Gasteiger partial charge < -0.3 is 5.32 Å². The van der Waals surface area contributed by atoms with Crippen LogP contribution in [-0.4, -0.2) is 7.05 Å². The van der Waals surface area contributed by atoms with E-state index in [1.807, 2.05) is 19.2 Å². The molecule has 0 aromatic heterocycles. The van der Waals surface area contributed by atoms with Crippen LogP contribution in [0.15, 0.2) is 36.6 Å². The Balaban J connectivity index is 4.19. The smallest absolute Gasteiger partial charge is 0.0264 e. The minimum atomic E-state index is 0.143. The summed E-state index contributed by atoms with van der Waals surface area (Å²) in [5, 5.41) is 2.95. The third-order valence-corrected chi connectivity index (χ3v) is 1.77. The van der Waals surface area contributed by atoms with Gasteiger partial charge in [-0.1, -0.05) is 40.0 Å². The van der Waals surface area contributed by atoms with E-state index in [1.165, 1.54) is 0 Å². The van der Waals surface area contributed by atoms with E-state index >= 15 is 0 Å². The molecule has 0 aliphatic heterocycles. The molecule has 0 fully saturated rings. The van der Waals surface area contributed by atoms with Crippen LogP contribution >= 0.6 is 0 Å². The van der Waals surface area contributed by atoms with Crippen LogP contribution in [0.5, 0.6) is 0 Å². The molecule has 0 aliphatic rings. The van der Waals surface area contributed by atoms with Crippen LogP contribution < -0.4 is 5.32 Å². The molecule has 0 spiro atoms. The molecule has 1 heteroatoms. The maximum atomic E-state index is 3.98. The first-order chi connectivity index (χ1) is 5.38. The van der Waals surface area contributed by atoms with E-state index in [2.05, 4.69) is 39.2 Å². The van der Waals surface area contributed by atoms with Crippen molar-refractivity contribution in [3.63, 3.8) is 0 Å². The molecule has 12 heavy (non-hydrogen) atoms. The SMILES string of the molecule is C=C(/C=C\C(=C)C(C)(C)C)NC.